The van der Waals surface area contributed by atoms with Gasteiger partial charge in [-0.2, -0.15) is 5.06 Å². The molecule has 2 saturated heterocycles. The molecule has 2 unspecified atom stereocenters. The van der Waals surface area contributed by atoms with Crippen molar-refractivity contribution in [3.8, 4) is 0 Å². The van der Waals surface area contributed by atoms with Crippen LogP contribution in [-0.2, 0) is 9.40 Å². The molecule has 168 valence electrons. The van der Waals surface area contributed by atoms with Crippen LogP contribution < -0.4 is 10.6 Å². The molecule has 3 nitrogen and oxygen atoms in total. The second-order valence-electron chi connectivity index (χ2n) is 11.1. The Balaban J connectivity index is 1.32. The van der Waals surface area contributed by atoms with E-state index >= 15 is 4.57 Å². The number of rotatable bonds is 3. The zero-order valence-corrected chi connectivity index (χ0v) is 20.4. The standard InChI is InChI=1S/C27H32NO2PS/c1-26(31(29,23-8-4-2-5-9-23)24-10-6-3-7-11-24)13-12-25-28(26)30-27(32-25)21-15-19-14-20(17-21)18-22(27)16-19/h2-11,19-22,25H,12-18H2,1H3. The summed E-state index contributed by atoms with van der Waals surface area (Å²) in [7, 11) is -2.97. The number of hydrogen-bond acceptors (Lipinski definition) is 4. The van der Waals surface area contributed by atoms with Gasteiger partial charge in [-0.25, -0.2) is 0 Å². The van der Waals surface area contributed by atoms with E-state index in [-0.39, 0.29) is 4.93 Å². The molecule has 0 radical (unpaired) electrons. The van der Waals surface area contributed by atoms with Crippen LogP contribution in [0.4, 0.5) is 0 Å². The molecule has 0 N–H and O–H groups in total. The van der Waals surface area contributed by atoms with E-state index in [1.807, 2.05) is 36.4 Å². The summed E-state index contributed by atoms with van der Waals surface area (Å²) in [5.41, 5.74) is 0. The molecule has 2 aliphatic heterocycles. The molecular formula is C27H32NO2PS. The lowest BCUT2D eigenvalue weighted by atomic mass is 9.54. The Morgan fingerprint density at radius 2 is 1.41 bits per heavy atom. The van der Waals surface area contributed by atoms with Crippen LogP contribution in [0.15, 0.2) is 60.7 Å². The van der Waals surface area contributed by atoms with Crippen LogP contribution in [0.1, 0.15) is 51.9 Å². The molecule has 0 aromatic heterocycles. The SMILES string of the molecule is CC1(P(=O)(c2ccccc2)c2ccccc2)CCC2SC3(ON21)C1CC2CC(C1)CC3C2. The highest BCUT2D eigenvalue weighted by Crippen LogP contribution is 2.72. The quantitative estimate of drug-likeness (QED) is 0.523. The van der Waals surface area contributed by atoms with Crippen LogP contribution in [0.2, 0.25) is 0 Å². The molecule has 0 amide bonds. The summed E-state index contributed by atoms with van der Waals surface area (Å²) in [6.07, 6.45) is 8.77. The Hall–Kier alpha value is -1.06. The monoisotopic (exact) mass is 465 g/mol. The normalized spacial score (nSPS) is 42.6. The lowest BCUT2D eigenvalue weighted by molar-refractivity contribution is -0.273. The smallest absolute Gasteiger partial charge is 0.164 e. The highest BCUT2D eigenvalue weighted by molar-refractivity contribution is 8.01. The van der Waals surface area contributed by atoms with E-state index in [9.17, 15) is 0 Å². The van der Waals surface area contributed by atoms with Crippen LogP contribution >= 0.6 is 18.9 Å². The summed E-state index contributed by atoms with van der Waals surface area (Å²) in [6.45, 7) is 2.23. The molecule has 5 heteroatoms. The molecule has 1 spiro atoms. The summed E-state index contributed by atoms with van der Waals surface area (Å²) >= 11 is 2.11. The Labute approximate surface area is 195 Å². The third-order valence-corrected chi connectivity index (χ3v) is 15.0. The minimum Gasteiger partial charge on any atom is -0.312 e. The fraction of sp³-hybridized carbons (Fsp3) is 0.556. The molecule has 6 fully saturated rings. The molecule has 4 aliphatic carbocycles. The van der Waals surface area contributed by atoms with Gasteiger partial charge in [0.2, 0.25) is 0 Å². The summed E-state index contributed by atoms with van der Waals surface area (Å²) in [5.74, 6) is 3.20. The maximum atomic E-state index is 15.3. The van der Waals surface area contributed by atoms with Crippen LogP contribution in [-0.4, -0.2) is 20.7 Å². The first-order valence-electron chi connectivity index (χ1n) is 12.4. The van der Waals surface area contributed by atoms with Gasteiger partial charge in [0.15, 0.2) is 7.14 Å². The van der Waals surface area contributed by atoms with Crippen LogP contribution in [0, 0.1) is 23.7 Å². The lowest BCUT2D eigenvalue weighted by Crippen LogP contribution is -2.57. The van der Waals surface area contributed by atoms with Gasteiger partial charge in [-0.15, -0.1) is 11.8 Å². The molecule has 4 bridgehead atoms. The van der Waals surface area contributed by atoms with Crippen molar-refractivity contribution in [1.29, 1.82) is 0 Å². The van der Waals surface area contributed by atoms with Crippen molar-refractivity contribution in [2.45, 2.75) is 67.5 Å². The summed E-state index contributed by atoms with van der Waals surface area (Å²) in [4.78, 5) is 7.11. The number of thioether (sulfide) groups is 1. The van der Waals surface area contributed by atoms with Crippen LogP contribution in [0.25, 0.3) is 0 Å². The maximum Gasteiger partial charge on any atom is 0.164 e. The third-order valence-electron chi connectivity index (χ3n) is 9.36. The van der Waals surface area contributed by atoms with E-state index in [1.54, 1.807) is 0 Å². The van der Waals surface area contributed by atoms with Gasteiger partial charge in [0.05, 0.1) is 5.37 Å². The lowest BCUT2D eigenvalue weighted by Gasteiger charge is -2.58. The molecule has 2 aromatic rings. The van der Waals surface area contributed by atoms with Crippen molar-refractivity contribution >= 4 is 29.5 Å². The summed E-state index contributed by atoms with van der Waals surface area (Å²) < 4.78 is 15.3. The van der Waals surface area contributed by atoms with Crippen molar-refractivity contribution in [2.75, 3.05) is 0 Å². The summed E-state index contributed by atoms with van der Waals surface area (Å²) in [6, 6.07) is 20.4. The van der Waals surface area contributed by atoms with Gasteiger partial charge in [0, 0.05) is 22.4 Å². The van der Waals surface area contributed by atoms with Crippen molar-refractivity contribution in [2.24, 2.45) is 23.7 Å². The average molecular weight is 466 g/mol. The van der Waals surface area contributed by atoms with Crippen molar-refractivity contribution in [3.63, 3.8) is 0 Å². The molecule has 8 rings (SSSR count). The average Bonchev–Trinajstić information content (AvgIpc) is 3.36. The van der Waals surface area contributed by atoms with Gasteiger partial charge in [0.1, 0.15) is 10.2 Å². The van der Waals surface area contributed by atoms with E-state index in [1.165, 1.54) is 32.1 Å². The first kappa shape index (κ1) is 20.3. The predicted octanol–water partition coefficient (Wildman–Crippen LogP) is 5.97. The third kappa shape index (κ3) is 2.56. The minimum absolute atomic E-state index is 0.0715. The van der Waals surface area contributed by atoms with E-state index in [2.05, 4.69) is 48.0 Å². The fourth-order valence-corrected chi connectivity index (χ4v) is 13.5. The first-order valence-corrected chi connectivity index (χ1v) is 15.0. The number of nitrogens with zero attached hydrogens (tertiary/aromatic N) is 1. The summed E-state index contributed by atoms with van der Waals surface area (Å²) in [5, 5.41) is 3.97. The molecule has 32 heavy (non-hydrogen) atoms. The van der Waals surface area contributed by atoms with Gasteiger partial charge in [-0.05, 0) is 63.7 Å². The second kappa shape index (κ2) is 6.98. The molecular weight excluding hydrogens is 433 g/mol. The molecule has 6 aliphatic rings. The largest absolute Gasteiger partial charge is 0.312 e. The maximum absolute atomic E-state index is 15.3. The Morgan fingerprint density at radius 1 is 0.875 bits per heavy atom. The Bertz CT molecular complexity index is 1000. The highest BCUT2D eigenvalue weighted by atomic mass is 32.2. The minimum atomic E-state index is -2.97. The number of fused-ring (bicyclic) bond motifs is 1. The van der Waals surface area contributed by atoms with Crippen molar-refractivity contribution < 1.29 is 9.40 Å². The predicted molar refractivity (Wildman–Crippen MR) is 131 cm³/mol. The van der Waals surface area contributed by atoms with Gasteiger partial charge >= 0.3 is 0 Å². The fourth-order valence-electron chi connectivity index (χ4n) is 8.05. The molecule has 4 saturated carbocycles. The van der Waals surface area contributed by atoms with Gasteiger partial charge < -0.3 is 4.57 Å². The van der Waals surface area contributed by atoms with Crippen LogP contribution in [0.3, 0.4) is 0 Å². The van der Waals surface area contributed by atoms with E-state index in [0.29, 0.717) is 17.2 Å². The Kier molecular flexibility index (Phi) is 4.43. The highest BCUT2D eigenvalue weighted by Gasteiger charge is 2.69. The molecule has 2 aromatic carbocycles. The zero-order valence-electron chi connectivity index (χ0n) is 18.7. The van der Waals surface area contributed by atoms with E-state index in [0.717, 1.165) is 35.3 Å². The van der Waals surface area contributed by atoms with Crippen molar-refractivity contribution in [1.82, 2.24) is 5.06 Å². The number of hydrogen-bond donors (Lipinski definition) is 0. The zero-order chi connectivity index (χ0) is 21.6. The topological polar surface area (TPSA) is 29.5 Å². The molecule has 2 atom stereocenters. The number of benzene rings is 2. The van der Waals surface area contributed by atoms with Gasteiger partial charge in [-0.1, -0.05) is 60.7 Å². The van der Waals surface area contributed by atoms with Gasteiger partial charge in [0.25, 0.3) is 0 Å². The van der Waals surface area contributed by atoms with Crippen molar-refractivity contribution in [3.05, 3.63) is 60.7 Å². The number of hydroxylamine groups is 2. The molecule has 2 heterocycles. The van der Waals surface area contributed by atoms with E-state index < -0.39 is 12.4 Å². The van der Waals surface area contributed by atoms with Gasteiger partial charge in [-0.3, -0.25) is 4.84 Å². The second-order valence-corrected chi connectivity index (χ2v) is 15.7. The Morgan fingerprint density at radius 3 is 1.94 bits per heavy atom. The van der Waals surface area contributed by atoms with E-state index in [4.69, 9.17) is 4.84 Å². The first-order chi connectivity index (χ1) is 15.5. The van der Waals surface area contributed by atoms with Crippen LogP contribution in [0.5, 0.6) is 0 Å².